The van der Waals surface area contributed by atoms with Crippen molar-refractivity contribution in [2.75, 3.05) is 6.54 Å². The number of benzene rings is 1. The van der Waals surface area contributed by atoms with Crippen LogP contribution in [0, 0.1) is 12.3 Å². The van der Waals surface area contributed by atoms with Crippen molar-refractivity contribution in [3.63, 3.8) is 0 Å². The molecule has 108 valence electrons. The second-order valence-corrected chi connectivity index (χ2v) is 6.63. The fraction of sp³-hybridized carbons (Fsp3) is 0.500. The summed E-state index contributed by atoms with van der Waals surface area (Å²) in [5, 5.41) is 4.90. The summed E-state index contributed by atoms with van der Waals surface area (Å²) in [6, 6.07) is 10.9. The third-order valence-corrected chi connectivity index (χ3v) is 3.70. The van der Waals surface area contributed by atoms with Gasteiger partial charge in [0, 0.05) is 5.39 Å². The molecule has 1 atom stereocenters. The maximum Gasteiger partial charge on any atom is 0.0708 e. The van der Waals surface area contributed by atoms with Gasteiger partial charge in [0.25, 0.3) is 0 Å². The molecule has 0 fully saturated rings. The summed E-state index contributed by atoms with van der Waals surface area (Å²) in [6.07, 6.45) is 1.14. The van der Waals surface area contributed by atoms with Gasteiger partial charge in [0.15, 0.2) is 0 Å². The van der Waals surface area contributed by atoms with Crippen LogP contribution < -0.4 is 5.32 Å². The molecule has 0 amide bonds. The predicted molar refractivity (Wildman–Crippen MR) is 87.0 cm³/mol. The fourth-order valence-corrected chi connectivity index (χ4v) is 2.67. The minimum Gasteiger partial charge on any atom is -0.308 e. The van der Waals surface area contributed by atoms with E-state index in [2.05, 4.69) is 70.3 Å². The highest BCUT2D eigenvalue weighted by molar-refractivity contribution is 5.82. The first-order valence-corrected chi connectivity index (χ1v) is 7.53. The third kappa shape index (κ3) is 3.18. The molecule has 0 spiro atoms. The topological polar surface area (TPSA) is 24.9 Å². The van der Waals surface area contributed by atoms with Crippen LogP contribution >= 0.6 is 0 Å². The molecule has 1 N–H and O–H groups in total. The number of hydrogen-bond donors (Lipinski definition) is 1. The molecule has 2 aromatic rings. The molecule has 2 rings (SSSR count). The van der Waals surface area contributed by atoms with Crippen LogP contribution in [0.2, 0.25) is 0 Å². The van der Waals surface area contributed by atoms with Crippen LogP contribution in [-0.4, -0.2) is 11.5 Å². The molecule has 2 nitrogen and oxygen atoms in total. The number of pyridine rings is 1. The van der Waals surface area contributed by atoms with Gasteiger partial charge in [0.1, 0.15) is 0 Å². The van der Waals surface area contributed by atoms with Gasteiger partial charge in [-0.3, -0.25) is 4.98 Å². The van der Waals surface area contributed by atoms with Crippen LogP contribution in [0.25, 0.3) is 10.9 Å². The van der Waals surface area contributed by atoms with E-state index >= 15 is 0 Å². The van der Waals surface area contributed by atoms with Gasteiger partial charge >= 0.3 is 0 Å². The number of nitrogens with zero attached hydrogens (tertiary/aromatic N) is 1. The van der Waals surface area contributed by atoms with Crippen LogP contribution in [-0.2, 0) is 0 Å². The van der Waals surface area contributed by atoms with E-state index in [4.69, 9.17) is 4.98 Å². The van der Waals surface area contributed by atoms with Gasteiger partial charge in [0.2, 0.25) is 0 Å². The second kappa shape index (κ2) is 5.92. The fourth-order valence-electron chi connectivity index (χ4n) is 2.67. The Hall–Kier alpha value is -1.41. The number of hydrogen-bond acceptors (Lipinski definition) is 2. The van der Waals surface area contributed by atoms with E-state index < -0.39 is 0 Å². The van der Waals surface area contributed by atoms with Gasteiger partial charge in [-0.2, -0.15) is 0 Å². The smallest absolute Gasteiger partial charge is 0.0708 e. The Morgan fingerprint density at radius 1 is 1.20 bits per heavy atom. The first kappa shape index (κ1) is 15.0. The lowest BCUT2D eigenvalue weighted by Crippen LogP contribution is -2.33. The standard InChI is InChI=1S/C18H26N2/c1-6-11-19-17(18(3,4)5)16-12-13(2)14-9-7-8-10-15(14)20-16/h7-10,12,17,19H,6,11H2,1-5H3. The first-order chi connectivity index (χ1) is 9.43. The van der Waals surface area contributed by atoms with Gasteiger partial charge in [-0.1, -0.05) is 45.9 Å². The van der Waals surface area contributed by atoms with Crippen LogP contribution in [0.4, 0.5) is 0 Å². The van der Waals surface area contributed by atoms with E-state index in [-0.39, 0.29) is 11.5 Å². The summed E-state index contributed by atoms with van der Waals surface area (Å²) in [5.41, 5.74) is 3.70. The molecule has 0 saturated heterocycles. The molecule has 2 heteroatoms. The van der Waals surface area contributed by atoms with Crippen LogP contribution in [0.5, 0.6) is 0 Å². The molecule has 20 heavy (non-hydrogen) atoms. The Bertz CT molecular complexity index is 581. The lowest BCUT2D eigenvalue weighted by Gasteiger charge is -2.31. The molecule has 1 aromatic heterocycles. The number of para-hydroxylation sites is 1. The van der Waals surface area contributed by atoms with E-state index in [0.717, 1.165) is 24.2 Å². The lowest BCUT2D eigenvalue weighted by atomic mass is 9.84. The monoisotopic (exact) mass is 270 g/mol. The Labute approximate surface area is 122 Å². The Balaban J connectivity index is 2.48. The molecule has 1 unspecified atom stereocenters. The van der Waals surface area contributed by atoms with Crippen molar-refractivity contribution in [1.29, 1.82) is 0 Å². The highest BCUT2D eigenvalue weighted by Crippen LogP contribution is 2.33. The Morgan fingerprint density at radius 2 is 1.90 bits per heavy atom. The summed E-state index contributed by atoms with van der Waals surface area (Å²) >= 11 is 0. The molecular formula is C18H26N2. The number of fused-ring (bicyclic) bond motifs is 1. The Kier molecular flexibility index (Phi) is 4.44. The van der Waals surface area contributed by atoms with Crippen LogP contribution in [0.15, 0.2) is 30.3 Å². The maximum absolute atomic E-state index is 4.89. The minimum atomic E-state index is 0.150. The summed E-state index contributed by atoms with van der Waals surface area (Å²) < 4.78 is 0. The van der Waals surface area contributed by atoms with Gasteiger partial charge in [-0.15, -0.1) is 0 Å². The molecule has 0 bridgehead atoms. The summed E-state index contributed by atoms with van der Waals surface area (Å²) in [6.45, 7) is 12.2. The zero-order valence-corrected chi connectivity index (χ0v) is 13.3. The van der Waals surface area contributed by atoms with E-state index in [1.165, 1.54) is 10.9 Å². The van der Waals surface area contributed by atoms with Gasteiger partial charge in [-0.05, 0) is 43.0 Å². The quantitative estimate of drug-likeness (QED) is 0.876. The second-order valence-electron chi connectivity index (χ2n) is 6.63. The molecular weight excluding hydrogens is 244 g/mol. The zero-order chi connectivity index (χ0) is 14.8. The average Bonchev–Trinajstić information content (AvgIpc) is 2.38. The van der Waals surface area contributed by atoms with Crippen molar-refractivity contribution in [2.45, 2.75) is 47.1 Å². The number of nitrogens with one attached hydrogen (secondary N) is 1. The van der Waals surface area contributed by atoms with Gasteiger partial charge in [0.05, 0.1) is 17.3 Å². The van der Waals surface area contributed by atoms with Crippen molar-refractivity contribution < 1.29 is 0 Å². The average molecular weight is 270 g/mol. The number of rotatable bonds is 4. The van der Waals surface area contributed by atoms with Crippen molar-refractivity contribution in [2.24, 2.45) is 5.41 Å². The van der Waals surface area contributed by atoms with E-state index in [1.807, 2.05) is 0 Å². The van der Waals surface area contributed by atoms with Gasteiger partial charge < -0.3 is 5.32 Å². The minimum absolute atomic E-state index is 0.150. The summed E-state index contributed by atoms with van der Waals surface area (Å²) in [7, 11) is 0. The zero-order valence-electron chi connectivity index (χ0n) is 13.3. The molecule has 1 aromatic carbocycles. The SMILES string of the molecule is CCCNC(c1cc(C)c2ccccc2n1)C(C)(C)C. The number of aromatic nitrogens is 1. The van der Waals surface area contributed by atoms with Crippen LogP contribution in [0.3, 0.4) is 0 Å². The highest BCUT2D eigenvalue weighted by atomic mass is 15.0. The molecule has 0 aliphatic rings. The largest absolute Gasteiger partial charge is 0.308 e. The molecule has 0 radical (unpaired) electrons. The predicted octanol–water partition coefficient (Wildman–Crippen LogP) is 4.63. The van der Waals surface area contributed by atoms with Crippen molar-refractivity contribution in [3.8, 4) is 0 Å². The normalized spacial score (nSPS) is 13.7. The highest BCUT2D eigenvalue weighted by Gasteiger charge is 2.27. The van der Waals surface area contributed by atoms with E-state index in [0.29, 0.717) is 0 Å². The van der Waals surface area contributed by atoms with Gasteiger partial charge in [-0.25, -0.2) is 0 Å². The summed E-state index contributed by atoms with van der Waals surface area (Å²) in [5.74, 6) is 0. The van der Waals surface area contributed by atoms with E-state index in [1.54, 1.807) is 0 Å². The lowest BCUT2D eigenvalue weighted by molar-refractivity contribution is 0.268. The van der Waals surface area contributed by atoms with E-state index in [9.17, 15) is 0 Å². The molecule has 0 aliphatic carbocycles. The molecule has 0 saturated carbocycles. The molecule has 0 aliphatic heterocycles. The maximum atomic E-state index is 4.89. The molecule has 1 heterocycles. The number of aryl methyl sites for hydroxylation is 1. The van der Waals surface area contributed by atoms with Crippen molar-refractivity contribution >= 4 is 10.9 Å². The van der Waals surface area contributed by atoms with Crippen LogP contribution in [0.1, 0.15) is 51.4 Å². The first-order valence-electron chi connectivity index (χ1n) is 7.53. The summed E-state index contributed by atoms with van der Waals surface area (Å²) in [4.78, 5) is 4.89. The van der Waals surface area contributed by atoms with Crippen molar-refractivity contribution in [3.05, 3.63) is 41.6 Å². The Morgan fingerprint density at radius 3 is 2.55 bits per heavy atom. The van der Waals surface area contributed by atoms with Crippen molar-refractivity contribution in [1.82, 2.24) is 10.3 Å². The third-order valence-electron chi connectivity index (χ3n) is 3.70.